The van der Waals surface area contributed by atoms with Gasteiger partial charge in [0.15, 0.2) is 0 Å². The van der Waals surface area contributed by atoms with Gasteiger partial charge in [0, 0.05) is 48.4 Å². The minimum absolute atomic E-state index is 0.0115. The molecule has 7 N–H and O–H groups in total. The summed E-state index contributed by atoms with van der Waals surface area (Å²) in [5.74, 6) is -1.13. The van der Waals surface area contributed by atoms with Gasteiger partial charge in [-0.1, -0.05) is 33.8 Å². The zero-order chi connectivity index (χ0) is 31.5. The molecule has 1 saturated heterocycles. The molecule has 1 aromatic heterocycles. The van der Waals surface area contributed by atoms with Gasteiger partial charge in [-0.25, -0.2) is 4.39 Å². The van der Waals surface area contributed by atoms with Crippen LogP contribution in [-0.2, 0) is 9.59 Å². The predicted molar refractivity (Wildman–Crippen MR) is 167 cm³/mol. The third kappa shape index (κ3) is 10.8. The van der Waals surface area contributed by atoms with E-state index >= 15 is 0 Å². The number of fused-ring (bicyclic) bond motifs is 1. The minimum Gasteiger partial charge on any atom is -0.394 e. The van der Waals surface area contributed by atoms with Crippen molar-refractivity contribution in [1.29, 1.82) is 0 Å². The number of benzene rings is 1. The lowest BCUT2D eigenvalue weighted by atomic mass is 9.83. The molecule has 2 amide bonds. The maximum absolute atomic E-state index is 13.6. The molecule has 1 aliphatic rings. The lowest BCUT2D eigenvalue weighted by molar-refractivity contribution is -0.139. The molecular formula is C31H49FN6O3. The zero-order valence-corrected chi connectivity index (χ0v) is 25.3. The summed E-state index contributed by atoms with van der Waals surface area (Å²) in [7, 11) is 0. The normalized spacial score (nSPS) is 17.7. The van der Waals surface area contributed by atoms with Gasteiger partial charge in [-0.2, -0.15) is 0 Å². The number of nitrogens with one attached hydrogen (secondary N) is 2. The predicted octanol–water partition coefficient (Wildman–Crippen LogP) is 3.69. The summed E-state index contributed by atoms with van der Waals surface area (Å²) in [6.07, 6.45) is 15.9. The summed E-state index contributed by atoms with van der Waals surface area (Å²) < 4.78 is 13.6. The molecule has 1 aromatic carbocycles. The SMILES string of the molecule is C#C.C/C=C\C=NCC.CC.CC[C@H](c1c[nH]c2cc(F)ccc12)[C@@H]1C(C)CCN1C(=O)C(CO)NC(=O)C(N)N. The Morgan fingerprint density at radius 2 is 1.95 bits per heavy atom. The van der Waals surface area contributed by atoms with Gasteiger partial charge in [0.2, 0.25) is 5.91 Å². The van der Waals surface area contributed by atoms with E-state index in [1.807, 2.05) is 46.0 Å². The van der Waals surface area contributed by atoms with Crippen LogP contribution in [0.3, 0.4) is 0 Å². The van der Waals surface area contributed by atoms with E-state index < -0.39 is 24.7 Å². The fraction of sp³-hybridized carbons (Fsp3) is 0.516. The molecule has 2 unspecified atom stereocenters. The van der Waals surface area contributed by atoms with Gasteiger partial charge in [-0.15, -0.1) is 12.8 Å². The summed E-state index contributed by atoms with van der Waals surface area (Å²) >= 11 is 0. The topological polar surface area (TPSA) is 150 Å². The highest BCUT2D eigenvalue weighted by atomic mass is 19.1. The molecule has 0 bridgehead atoms. The first-order valence-corrected chi connectivity index (χ1v) is 14.1. The Kier molecular flexibility index (Phi) is 18.6. The number of hydrogen-bond acceptors (Lipinski definition) is 6. The maximum Gasteiger partial charge on any atom is 0.252 e. The summed E-state index contributed by atoms with van der Waals surface area (Å²) in [6, 6.07) is 3.42. The molecule has 1 aliphatic heterocycles. The van der Waals surface area contributed by atoms with Gasteiger partial charge >= 0.3 is 0 Å². The average molecular weight is 573 g/mol. The van der Waals surface area contributed by atoms with Gasteiger partial charge in [0.05, 0.1) is 6.61 Å². The van der Waals surface area contributed by atoms with Crippen LogP contribution in [0.4, 0.5) is 4.39 Å². The van der Waals surface area contributed by atoms with Crippen LogP contribution in [0.5, 0.6) is 0 Å². The zero-order valence-electron chi connectivity index (χ0n) is 25.3. The first-order chi connectivity index (χ1) is 19.7. The molecule has 228 valence electrons. The van der Waals surface area contributed by atoms with Crippen LogP contribution in [0.25, 0.3) is 10.9 Å². The Hall–Kier alpha value is -3.52. The highest BCUT2D eigenvalue weighted by Gasteiger charge is 2.42. The number of hydrogen-bond donors (Lipinski definition) is 5. The molecule has 2 aromatic rings. The first-order valence-electron chi connectivity index (χ1n) is 14.1. The minimum atomic E-state index is -1.27. The van der Waals surface area contributed by atoms with Crippen LogP contribution in [-0.4, -0.2) is 71.0 Å². The second-order valence-corrected chi connectivity index (χ2v) is 9.18. The van der Waals surface area contributed by atoms with Crippen molar-refractivity contribution in [2.75, 3.05) is 19.7 Å². The van der Waals surface area contributed by atoms with Gasteiger partial charge in [-0.05, 0) is 62.4 Å². The van der Waals surface area contributed by atoms with Crippen LogP contribution in [0, 0.1) is 24.6 Å². The number of H-pyrrole nitrogens is 1. The molecule has 3 rings (SSSR count). The Balaban J connectivity index is 0.00000125. The van der Waals surface area contributed by atoms with E-state index in [0.717, 1.165) is 30.3 Å². The fourth-order valence-corrected chi connectivity index (χ4v) is 4.82. The number of aromatic nitrogens is 1. The third-order valence-corrected chi connectivity index (χ3v) is 6.65. The van der Waals surface area contributed by atoms with Crippen molar-refractivity contribution in [3.63, 3.8) is 0 Å². The summed E-state index contributed by atoms with van der Waals surface area (Å²) in [6.45, 7) is 13.0. The number of aliphatic imine (C=N–C) groups is 1. The number of amides is 2. The summed E-state index contributed by atoms with van der Waals surface area (Å²) in [5, 5.41) is 13.1. The second-order valence-electron chi connectivity index (χ2n) is 9.18. The highest BCUT2D eigenvalue weighted by molar-refractivity contribution is 5.90. The standard InChI is InChI=1S/C21H30FN5O3.C6H11N.C2H6.C2H2/c1-3-13(15-9-25-16-8-12(22)4-5-14(15)16)18-11(2)6-7-27(18)21(30)17(10-28)26-20(29)19(23)24;1-3-5-6-7-4-2;2*1-2/h4-5,8-9,11,13,17-19,25,28H,3,6-7,10,23-24H2,1-2H3,(H,26,29);3,5-6H,4H2,1-2H3;1-2H3;1-2H/b;5-3-,7-6?;;/t11?,13-,17?,18+;;;/m1.../s1. The molecule has 0 spiro atoms. The number of rotatable bonds is 9. The van der Waals surface area contributed by atoms with Crippen molar-refractivity contribution in [2.24, 2.45) is 22.4 Å². The molecule has 0 radical (unpaired) electrons. The Morgan fingerprint density at radius 1 is 1.29 bits per heavy atom. The number of nitrogens with zero attached hydrogens (tertiary/aromatic N) is 2. The van der Waals surface area contributed by atoms with Crippen molar-refractivity contribution < 1.29 is 19.1 Å². The number of aromatic amines is 1. The Morgan fingerprint density at radius 3 is 2.49 bits per heavy atom. The molecule has 2 heterocycles. The monoisotopic (exact) mass is 572 g/mol. The lowest BCUT2D eigenvalue weighted by Gasteiger charge is -2.35. The third-order valence-electron chi connectivity index (χ3n) is 6.65. The van der Waals surface area contributed by atoms with Crippen LogP contribution in [0.1, 0.15) is 65.9 Å². The van der Waals surface area contributed by atoms with Crippen LogP contribution >= 0.6 is 0 Å². The number of nitrogens with two attached hydrogens (primary N) is 2. The van der Waals surface area contributed by atoms with Gasteiger partial charge in [0.25, 0.3) is 5.91 Å². The number of carbonyl (C=O) groups excluding carboxylic acids is 2. The molecule has 4 atom stereocenters. The number of aliphatic hydroxyl groups is 1. The van der Waals surface area contributed by atoms with E-state index in [1.54, 1.807) is 17.2 Å². The van der Waals surface area contributed by atoms with Crippen molar-refractivity contribution in [3.8, 4) is 12.8 Å². The molecular weight excluding hydrogens is 523 g/mol. The largest absolute Gasteiger partial charge is 0.394 e. The number of halogens is 1. The fourth-order valence-electron chi connectivity index (χ4n) is 4.82. The molecule has 9 nitrogen and oxygen atoms in total. The van der Waals surface area contributed by atoms with Crippen molar-refractivity contribution in [3.05, 3.63) is 47.9 Å². The van der Waals surface area contributed by atoms with E-state index in [2.05, 4.69) is 42.0 Å². The smallest absolute Gasteiger partial charge is 0.252 e. The summed E-state index contributed by atoms with van der Waals surface area (Å²) in [4.78, 5) is 33.9. The van der Waals surface area contributed by atoms with Gasteiger partial charge in [0.1, 0.15) is 18.0 Å². The molecule has 0 aliphatic carbocycles. The number of allylic oxidation sites excluding steroid dienone is 2. The van der Waals surface area contributed by atoms with Crippen LogP contribution in [0.2, 0.25) is 0 Å². The quantitative estimate of drug-likeness (QED) is 0.176. The van der Waals surface area contributed by atoms with E-state index in [1.165, 1.54) is 12.1 Å². The van der Waals surface area contributed by atoms with Gasteiger partial charge in [-0.3, -0.25) is 14.6 Å². The molecule has 10 heteroatoms. The van der Waals surface area contributed by atoms with Crippen LogP contribution in [0.15, 0.2) is 41.5 Å². The molecule has 41 heavy (non-hydrogen) atoms. The number of carbonyl (C=O) groups is 2. The Bertz CT molecular complexity index is 1130. The van der Waals surface area contributed by atoms with Gasteiger partial charge < -0.3 is 31.8 Å². The first kappa shape index (κ1) is 37.5. The van der Waals surface area contributed by atoms with Crippen molar-refractivity contribution in [2.45, 2.75) is 78.6 Å². The van der Waals surface area contributed by atoms with E-state index in [-0.39, 0.29) is 29.6 Å². The van der Waals surface area contributed by atoms with E-state index in [0.29, 0.717) is 12.1 Å². The lowest BCUT2D eigenvalue weighted by Crippen LogP contribution is -2.57. The maximum atomic E-state index is 13.6. The number of likely N-dealkylation sites (tertiary alicyclic amines) is 1. The highest BCUT2D eigenvalue weighted by Crippen LogP contribution is 2.40. The Labute approximate surface area is 244 Å². The number of aliphatic hydroxyl groups excluding tert-OH is 1. The average Bonchev–Trinajstić information content (AvgIpc) is 3.58. The molecule has 1 fully saturated rings. The van der Waals surface area contributed by atoms with E-state index in [4.69, 9.17) is 11.5 Å². The van der Waals surface area contributed by atoms with Crippen LogP contribution < -0.4 is 16.8 Å². The number of terminal acetylenes is 1. The summed E-state index contributed by atoms with van der Waals surface area (Å²) in [5.41, 5.74) is 12.5. The van der Waals surface area contributed by atoms with Crippen molar-refractivity contribution >= 4 is 28.9 Å². The molecule has 0 saturated carbocycles. The van der Waals surface area contributed by atoms with Crippen molar-refractivity contribution in [1.82, 2.24) is 15.2 Å². The second kappa shape index (κ2) is 20.4. The van der Waals surface area contributed by atoms with E-state index in [9.17, 15) is 19.1 Å².